The number of benzene rings is 6. The normalized spacial score (nSPS) is 13.1. The summed E-state index contributed by atoms with van der Waals surface area (Å²) in [6.45, 7) is 30.3. The van der Waals surface area contributed by atoms with Crippen molar-refractivity contribution in [2.45, 2.75) is 217 Å². The fourth-order valence-electron chi connectivity index (χ4n) is 9.67. The van der Waals surface area contributed by atoms with Gasteiger partial charge in [0.25, 0.3) is 0 Å². The molecule has 537 valence electrons. The quantitative estimate of drug-likeness (QED) is 0.0498. The molecule has 0 amide bonds. The Morgan fingerprint density at radius 2 is 0.812 bits per heavy atom. The van der Waals surface area contributed by atoms with Crippen LogP contribution in [0.15, 0.2) is 133 Å². The van der Waals surface area contributed by atoms with Gasteiger partial charge in [0, 0.05) is 84.7 Å². The summed E-state index contributed by atoms with van der Waals surface area (Å²) in [5, 5.41) is 11.5. The number of halogens is 4. The van der Waals surface area contributed by atoms with Crippen LogP contribution in [-0.4, -0.2) is 115 Å². The Hall–Kier alpha value is -3.81. The minimum absolute atomic E-state index is 0. The number of phenols is 1. The van der Waals surface area contributed by atoms with Crippen LogP contribution in [0.3, 0.4) is 0 Å². The molecule has 96 heavy (non-hydrogen) atoms. The van der Waals surface area contributed by atoms with Gasteiger partial charge in [0.05, 0.1) is 19.6 Å². The third-order valence-corrected chi connectivity index (χ3v) is 21.6. The number of sulfone groups is 4. The van der Waals surface area contributed by atoms with E-state index in [9.17, 15) is 38.8 Å². The van der Waals surface area contributed by atoms with Gasteiger partial charge in [-0.1, -0.05) is 96.6 Å². The Morgan fingerprint density at radius 3 is 1.19 bits per heavy atom. The molecule has 8 rings (SSSR count). The van der Waals surface area contributed by atoms with Gasteiger partial charge in [0.15, 0.2) is 50.8 Å². The van der Waals surface area contributed by atoms with Gasteiger partial charge in [0.1, 0.15) is 17.0 Å². The number of hydrogen-bond acceptors (Lipinski definition) is 15. The van der Waals surface area contributed by atoms with Crippen LogP contribution in [-0.2, 0) is 89.0 Å². The molecule has 0 saturated carbocycles. The summed E-state index contributed by atoms with van der Waals surface area (Å²) in [5.74, 6) is 2.74. The van der Waals surface area contributed by atoms with E-state index in [0.717, 1.165) is 107 Å². The van der Waals surface area contributed by atoms with Gasteiger partial charge in [-0.15, -0.1) is 23.2 Å². The predicted octanol–water partition coefficient (Wildman–Crippen LogP) is 18.1. The zero-order chi connectivity index (χ0) is 70.9. The van der Waals surface area contributed by atoms with E-state index in [1.54, 1.807) is 42.5 Å². The fraction of sp³-hybridized carbons (Fsp3) is 0.500. The third-order valence-electron chi connectivity index (χ3n) is 15.4. The second kappa shape index (κ2) is 39.4. The van der Waals surface area contributed by atoms with E-state index >= 15 is 0 Å². The van der Waals surface area contributed by atoms with Crippen molar-refractivity contribution in [3.8, 4) is 17.2 Å². The first-order valence-electron chi connectivity index (χ1n) is 30.0. The Balaban J connectivity index is 0.00000127. The van der Waals surface area contributed by atoms with Crippen LogP contribution < -0.4 is 9.47 Å². The van der Waals surface area contributed by atoms with E-state index in [1.165, 1.54) is 41.7 Å². The first kappa shape index (κ1) is 92.2. The summed E-state index contributed by atoms with van der Waals surface area (Å²) in [6.07, 6.45) is 8.72. The molecule has 0 aliphatic carbocycles. The molecule has 6 aromatic carbocycles. The number of nitrogens with zero attached hydrogens (tertiary/aromatic N) is 3. The molecule has 0 unspecified atom stereocenters. The van der Waals surface area contributed by atoms with Gasteiger partial charge < -0.3 is 14.6 Å². The number of hydrogen-bond donors (Lipinski definition) is 2. The van der Waals surface area contributed by atoms with E-state index < -0.39 is 39.3 Å². The molecule has 2 aliphatic heterocycles. The van der Waals surface area contributed by atoms with E-state index in [4.69, 9.17) is 32.7 Å². The predicted molar refractivity (Wildman–Crippen MR) is 415 cm³/mol. The summed E-state index contributed by atoms with van der Waals surface area (Å²) in [7, 11) is -8.17. The molecule has 0 fully saturated rings. The summed E-state index contributed by atoms with van der Waals surface area (Å²) in [6, 6.07) is 33.4. The third kappa shape index (κ3) is 30.6. The number of alkyl halides is 4. The summed E-state index contributed by atoms with van der Waals surface area (Å²) >= 11 is 20.0. The first-order valence-corrected chi connectivity index (χ1v) is 41.3. The van der Waals surface area contributed by atoms with Crippen LogP contribution in [0.4, 0.5) is 0 Å². The number of aryl methyl sites for hydroxylation is 5. The van der Waals surface area contributed by atoms with Gasteiger partial charge in [-0.2, -0.15) is 0 Å². The maximum atomic E-state index is 11.9. The van der Waals surface area contributed by atoms with Crippen LogP contribution in [0.25, 0.3) is 0 Å². The maximum absolute atomic E-state index is 11.9. The molecule has 6 aromatic rings. The van der Waals surface area contributed by atoms with Crippen molar-refractivity contribution in [1.29, 1.82) is 0 Å². The fourth-order valence-corrected chi connectivity index (χ4v) is 13.5. The van der Waals surface area contributed by atoms with E-state index in [2.05, 4.69) is 140 Å². The Bertz CT molecular complexity index is 3800. The van der Waals surface area contributed by atoms with Crippen LogP contribution in [0.1, 0.15) is 166 Å². The molecule has 2 heterocycles. The monoisotopic (exact) mass is 1590 g/mol. The standard InChI is InChI=1S/C25H35NO3S.C24H33NO4S.C9H10Br2O2S.C9H12O2S.C2H4Cl2.3CH4.BHNS/c1-18-8-9-19(14-23(18)29-24(2,3)4)12-13-25(5,6)26-16-20-10-11-22(30(7,27)28)15-21(20)17-26;1-23(2,3)29-22-13-17(7-10-21(22)26)11-12-24(4,5)25-15-18-8-9-20(30(6,27)28)14-19(18)16-25;1-14(12,13)9-3-2-7(5-10)8(4-9)6-11;1-7-4-5-9(6-8(7)2)12(3,10)11;3-1-2-4;;;;1-2-3/h8-11,14-15H,12-13,16-17H2,1-7H3;7-10,13-14,26H,11-12,15-16H2,1-6H3;2-4H,5-6H2,1H3;4-6H,1-3H3;1-2H2;3*1H4;3H. The van der Waals surface area contributed by atoms with Crippen molar-refractivity contribution in [2.24, 2.45) is 4.30 Å². The molecule has 0 bridgehead atoms. The topological polar surface area (TPSA) is 194 Å². The molecule has 0 saturated heterocycles. The average molecular weight is 1590 g/mol. The molecule has 14 nitrogen and oxygen atoms in total. The number of thiol groups is 1. The number of aromatic hydroxyl groups is 1. The van der Waals surface area contributed by atoms with E-state index in [1.807, 2.05) is 83.1 Å². The number of fused-ring (bicyclic) bond motifs is 2. The molecule has 0 spiro atoms. The van der Waals surface area contributed by atoms with Crippen LogP contribution in [0, 0.1) is 20.8 Å². The number of phenolic OH excluding ortho intramolecular Hbond substituents is 1. The summed E-state index contributed by atoms with van der Waals surface area (Å²) in [5.41, 5.74) is 11.8. The molecule has 1 radical (unpaired) electrons. The molecule has 24 heteroatoms. The van der Waals surface area contributed by atoms with E-state index in [-0.39, 0.29) is 50.3 Å². The van der Waals surface area contributed by atoms with Gasteiger partial charge in [-0.05, 0) is 244 Å². The summed E-state index contributed by atoms with van der Waals surface area (Å²) in [4.78, 5) is 6.41. The van der Waals surface area contributed by atoms with Gasteiger partial charge in [-0.3, -0.25) is 9.80 Å². The van der Waals surface area contributed by atoms with Crippen molar-refractivity contribution in [2.75, 3.05) is 36.8 Å². The van der Waals surface area contributed by atoms with Crippen LogP contribution in [0.5, 0.6) is 17.2 Å². The van der Waals surface area contributed by atoms with E-state index in [0.29, 0.717) is 42.4 Å². The molecule has 2 aliphatic rings. The van der Waals surface area contributed by atoms with Crippen molar-refractivity contribution in [3.63, 3.8) is 0 Å². The Kier molecular flexibility index (Phi) is 37.9. The van der Waals surface area contributed by atoms with Crippen LogP contribution in [0.2, 0.25) is 0 Å². The van der Waals surface area contributed by atoms with Crippen molar-refractivity contribution < 1.29 is 48.3 Å². The zero-order valence-electron chi connectivity index (χ0n) is 56.9. The molecule has 1 N–H and O–H groups in total. The molecule has 0 aromatic heterocycles. The zero-order valence-corrected chi connectivity index (χ0v) is 65.8. The molecular formula is C72H107BBr2Cl2N3O11S5. The molecule has 0 atom stereocenters. The Labute approximate surface area is 613 Å². The van der Waals surface area contributed by atoms with Gasteiger partial charge in [0.2, 0.25) is 0 Å². The average Bonchev–Trinajstić information content (AvgIpc) is 1.64. The van der Waals surface area contributed by atoms with Crippen molar-refractivity contribution in [3.05, 3.63) is 170 Å². The van der Waals surface area contributed by atoms with Crippen molar-refractivity contribution in [1.82, 2.24) is 9.80 Å². The number of ether oxygens (including phenoxy) is 2. The minimum atomic E-state index is -3.20. The SMILES string of the molecule is C.C.C.CC(C)(C)Oc1cc(CCC(C)(C)N2Cc3ccc(S(C)(=O)=O)cc3C2)ccc1O.CS(=O)(=O)c1ccc(CBr)c(CBr)c1.Cc1ccc(CCC(C)(C)N2Cc3ccc(S(C)(=O)=O)cc3C2)cc1OC(C)(C)C.Cc1ccc(S(C)(=O)=O)cc1C.ClCCCl.[B]=NS. The summed E-state index contributed by atoms with van der Waals surface area (Å²) < 4.78 is 107. The van der Waals surface area contributed by atoms with Gasteiger partial charge >= 0.3 is 24.8 Å². The van der Waals surface area contributed by atoms with Crippen LogP contribution >= 0.6 is 67.9 Å². The first-order chi connectivity index (χ1) is 42.7. The van der Waals surface area contributed by atoms with Crippen molar-refractivity contribution >= 4 is 115 Å². The molecular weight excluding hydrogens is 1480 g/mol. The second-order valence-electron chi connectivity index (χ2n) is 26.6. The second-order valence-corrected chi connectivity index (χ2v) is 36.7. The van der Waals surface area contributed by atoms with Gasteiger partial charge in [-0.25, -0.2) is 33.7 Å². The Morgan fingerprint density at radius 1 is 0.479 bits per heavy atom. The number of rotatable bonds is 17.